The fourth-order valence-electron chi connectivity index (χ4n) is 2.81. The van der Waals surface area contributed by atoms with Crippen molar-refractivity contribution in [3.63, 3.8) is 0 Å². The van der Waals surface area contributed by atoms with Gasteiger partial charge < -0.3 is 19.7 Å². The molecule has 2 aromatic heterocycles. The van der Waals surface area contributed by atoms with Crippen LogP contribution in [0.5, 0.6) is 11.5 Å². The maximum atomic E-state index is 12.6. The fourth-order valence-corrected chi connectivity index (χ4v) is 2.81. The zero-order valence-electron chi connectivity index (χ0n) is 16.8. The van der Waals surface area contributed by atoms with Gasteiger partial charge in [-0.25, -0.2) is 4.98 Å². The molecule has 29 heavy (non-hydrogen) atoms. The van der Waals surface area contributed by atoms with Crippen LogP contribution in [0.1, 0.15) is 15.9 Å². The van der Waals surface area contributed by atoms with Crippen molar-refractivity contribution in [2.45, 2.75) is 6.42 Å². The van der Waals surface area contributed by atoms with Crippen LogP contribution in [-0.2, 0) is 6.42 Å². The first kappa shape index (κ1) is 20.1. The molecule has 7 nitrogen and oxygen atoms in total. The zero-order chi connectivity index (χ0) is 20.6. The summed E-state index contributed by atoms with van der Waals surface area (Å²) >= 11 is 0. The Morgan fingerprint density at radius 2 is 1.86 bits per heavy atom. The van der Waals surface area contributed by atoms with Crippen molar-refractivity contribution in [2.75, 3.05) is 38.0 Å². The molecule has 0 saturated heterocycles. The summed E-state index contributed by atoms with van der Waals surface area (Å²) in [5, 5.41) is 2.84. The second kappa shape index (κ2) is 9.54. The predicted molar refractivity (Wildman–Crippen MR) is 113 cm³/mol. The van der Waals surface area contributed by atoms with E-state index in [1.54, 1.807) is 57.1 Å². The van der Waals surface area contributed by atoms with Gasteiger partial charge in [-0.1, -0.05) is 0 Å². The lowest BCUT2D eigenvalue weighted by Crippen LogP contribution is -2.21. The number of rotatable bonds is 8. The molecule has 0 bridgehead atoms. The van der Waals surface area contributed by atoms with Crippen LogP contribution in [-0.4, -0.2) is 43.7 Å². The molecule has 0 spiro atoms. The van der Waals surface area contributed by atoms with Crippen LogP contribution < -0.4 is 19.7 Å². The quantitative estimate of drug-likeness (QED) is 0.633. The number of hydrogen-bond donors (Lipinski definition) is 1. The third kappa shape index (κ3) is 5.22. The Morgan fingerprint density at radius 1 is 1.07 bits per heavy atom. The van der Waals surface area contributed by atoms with Crippen LogP contribution in [0.2, 0.25) is 0 Å². The highest BCUT2D eigenvalue weighted by molar-refractivity contribution is 6.05. The maximum Gasteiger partial charge on any atom is 0.257 e. The molecule has 2 heterocycles. The van der Waals surface area contributed by atoms with Crippen LogP contribution in [0.3, 0.4) is 0 Å². The van der Waals surface area contributed by atoms with Gasteiger partial charge in [0.05, 0.1) is 25.5 Å². The molecule has 0 saturated carbocycles. The molecule has 1 N–H and O–H groups in total. The van der Waals surface area contributed by atoms with Crippen molar-refractivity contribution < 1.29 is 14.3 Å². The SMILES string of the molecule is COc1ccc(OC)c(NC(=O)c2ccc(N(C)CCc3ccncc3)nc2)c1. The van der Waals surface area contributed by atoms with Crippen molar-refractivity contribution in [1.82, 2.24) is 9.97 Å². The summed E-state index contributed by atoms with van der Waals surface area (Å²) in [6.07, 6.45) is 6.04. The molecule has 0 fully saturated rings. The van der Waals surface area contributed by atoms with E-state index in [0.717, 1.165) is 18.8 Å². The topological polar surface area (TPSA) is 76.6 Å². The summed E-state index contributed by atoms with van der Waals surface area (Å²) in [4.78, 5) is 23.1. The Hall–Kier alpha value is -3.61. The minimum Gasteiger partial charge on any atom is -0.497 e. The number of aromatic nitrogens is 2. The Bertz CT molecular complexity index is 946. The molecule has 1 aromatic carbocycles. The average molecular weight is 392 g/mol. The second-order valence-corrected chi connectivity index (χ2v) is 6.45. The minimum absolute atomic E-state index is 0.268. The van der Waals surface area contributed by atoms with E-state index in [4.69, 9.17) is 9.47 Å². The van der Waals surface area contributed by atoms with E-state index in [9.17, 15) is 4.79 Å². The first-order valence-corrected chi connectivity index (χ1v) is 9.20. The fraction of sp³-hybridized carbons (Fsp3) is 0.227. The average Bonchev–Trinajstić information content (AvgIpc) is 2.78. The molecule has 0 radical (unpaired) electrons. The lowest BCUT2D eigenvalue weighted by atomic mass is 10.2. The Kier molecular flexibility index (Phi) is 6.63. The molecule has 3 aromatic rings. The number of hydrogen-bond acceptors (Lipinski definition) is 6. The molecule has 0 unspecified atom stereocenters. The standard InChI is InChI=1S/C22H24N4O3/c1-26(13-10-16-8-11-23-12-9-16)21-7-4-17(15-24-21)22(27)25-19-14-18(28-2)5-6-20(19)29-3/h4-9,11-12,14-15H,10,13H2,1-3H3,(H,25,27). The lowest BCUT2D eigenvalue weighted by Gasteiger charge is -2.18. The van der Waals surface area contributed by atoms with Crippen LogP contribution in [0.25, 0.3) is 0 Å². The molecule has 0 aliphatic heterocycles. The summed E-state index contributed by atoms with van der Waals surface area (Å²) in [6.45, 7) is 0.809. The Morgan fingerprint density at radius 3 is 2.52 bits per heavy atom. The highest BCUT2D eigenvalue weighted by Crippen LogP contribution is 2.29. The van der Waals surface area contributed by atoms with E-state index in [-0.39, 0.29) is 5.91 Å². The van der Waals surface area contributed by atoms with Crippen molar-refractivity contribution in [2.24, 2.45) is 0 Å². The number of carbonyl (C=O) groups excluding carboxylic acids is 1. The number of amides is 1. The van der Waals surface area contributed by atoms with E-state index in [2.05, 4.69) is 15.3 Å². The van der Waals surface area contributed by atoms with Gasteiger partial charge in [0.25, 0.3) is 5.91 Å². The molecule has 1 amide bonds. The Balaban J connectivity index is 1.64. The highest BCUT2D eigenvalue weighted by Gasteiger charge is 2.12. The number of benzene rings is 1. The summed E-state index contributed by atoms with van der Waals surface area (Å²) in [5.41, 5.74) is 2.21. The smallest absolute Gasteiger partial charge is 0.257 e. The molecule has 3 rings (SSSR count). The molecule has 7 heteroatoms. The third-order valence-electron chi connectivity index (χ3n) is 4.54. The number of carbonyl (C=O) groups is 1. The third-order valence-corrected chi connectivity index (χ3v) is 4.54. The van der Waals surface area contributed by atoms with Crippen LogP contribution in [0, 0.1) is 0 Å². The molecule has 0 aliphatic rings. The summed E-state index contributed by atoms with van der Waals surface area (Å²) in [6, 6.07) is 12.8. The second-order valence-electron chi connectivity index (χ2n) is 6.45. The number of nitrogens with one attached hydrogen (secondary N) is 1. The van der Waals surface area contributed by atoms with Gasteiger partial charge in [0.1, 0.15) is 17.3 Å². The summed E-state index contributed by atoms with van der Waals surface area (Å²) < 4.78 is 10.5. The van der Waals surface area contributed by atoms with Crippen molar-refractivity contribution in [3.8, 4) is 11.5 Å². The summed E-state index contributed by atoms with van der Waals surface area (Å²) in [7, 11) is 5.10. The molecule has 0 atom stereocenters. The number of ether oxygens (including phenoxy) is 2. The van der Waals surface area contributed by atoms with Gasteiger partial charge in [0.15, 0.2) is 0 Å². The molecular weight excluding hydrogens is 368 g/mol. The highest BCUT2D eigenvalue weighted by atomic mass is 16.5. The Labute approximate surface area is 170 Å². The zero-order valence-corrected chi connectivity index (χ0v) is 16.8. The van der Waals surface area contributed by atoms with Gasteiger partial charge in [-0.3, -0.25) is 9.78 Å². The normalized spacial score (nSPS) is 10.3. The van der Waals surface area contributed by atoms with Crippen LogP contribution in [0.15, 0.2) is 61.1 Å². The number of pyridine rings is 2. The van der Waals surface area contributed by atoms with E-state index < -0.39 is 0 Å². The molecular formula is C22H24N4O3. The first-order chi connectivity index (χ1) is 14.1. The van der Waals surface area contributed by atoms with Gasteiger partial charge in [0.2, 0.25) is 0 Å². The van der Waals surface area contributed by atoms with Gasteiger partial charge in [-0.2, -0.15) is 0 Å². The van der Waals surface area contributed by atoms with Gasteiger partial charge in [-0.15, -0.1) is 0 Å². The van der Waals surface area contributed by atoms with E-state index in [0.29, 0.717) is 22.7 Å². The largest absolute Gasteiger partial charge is 0.497 e. The van der Waals surface area contributed by atoms with E-state index in [1.807, 2.05) is 30.1 Å². The summed E-state index contributed by atoms with van der Waals surface area (Å²) in [5.74, 6) is 1.72. The number of likely N-dealkylation sites (N-methyl/N-ethyl adjacent to an activating group) is 1. The monoisotopic (exact) mass is 392 g/mol. The first-order valence-electron chi connectivity index (χ1n) is 9.20. The van der Waals surface area contributed by atoms with Gasteiger partial charge in [0, 0.05) is 38.2 Å². The van der Waals surface area contributed by atoms with Crippen molar-refractivity contribution >= 4 is 17.4 Å². The molecule has 150 valence electrons. The van der Waals surface area contributed by atoms with E-state index in [1.165, 1.54) is 5.56 Å². The number of anilines is 2. The molecule has 0 aliphatic carbocycles. The number of methoxy groups -OCH3 is 2. The minimum atomic E-state index is -0.268. The van der Waals surface area contributed by atoms with E-state index >= 15 is 0 Å². The van der Waals surface area contributed by atoms with Crippen LogP contribution in [0.4, 0.5) is 11.5 Å². The predicted octanol–water partition coefficient (Wildman–Crippen LogP) is 3.43. The van der Waals surface area contributed by atoms with Crippen molar-refractivity contribution in [1.29, 1.82) is 0 Å². The lowest BCUT2D eigenvalue weighted by molar-refractivity contribution is 0.102. The van der Waals surface area contributed by atoms with Crippen LogP contribution >= 0.6 is 0 Å². The number of nitrogens with zero attached hydrogens (tertiary/aromatic N) is 3. The van der Waals surface area contributed by atoms with Gasteiger partial charge in [-0.05, 0) is 48.4 Å². The van der Waals surface area contributed by atoms with Crippen molar-refractivity contribution in [3.05, 3.63) is 72.2 Å². The van der Waals surface area contributed by atoms with Gasteiger partial charge >= 0.3 is 0 Å². The maximum absolute atomic E-state index is 12.6.